The number of hydrogen-bond acceptors (Lipinski definition) is 6. The van der Waals surface area contributed by atoms with Crippen molar-refractivity contribution in [1.29, 1.82) is 0 Å². The van der Waals surface area contributed by atoms with Crippen LogP contribution in [0.15, 0.2) is 60.8 Å². The number of aliphatic hydroxyl groups excluding tert-OH is 1. The van der Waals surface area contributed by atoms with Crippen molar-refractivity contribution in [3.8, 4) is 0 Å². The van der Waals surface area contributed by atoms with Gasteiger partial charge in [-0.25, -0.2) is 4.79 Å². The Labute approximate surface area is 334 Å². The summed E-state index contributed by atoms with van der Waals surface area (Å²) in [5, 5.41) is 22.5. The van der Waals surface area contributed by atoms with E-state index in [0.717, 1.165) is 103 Å². The first kappa shape index (κ1) is 51.5. The highest BCUT2D eigenvalue weighted by atomic mass is 16.5. The van der Waals surface area contributed by atoms with Crippen LogP contribution in [0.2, 0.25) is 0 Å². The first-order valence-electron chi connectivity index (χ1n) is 21.7. The number of carboxylic acid groups (broad SMARTS) is 1. The van der Waals surface area contributed by atoms with Crippen molar-refractivity contribution in [3.63, 3.8) is 0 Å². The van der Waals surface area contributed by atoms with Gasteiger partial charge in [0.2, 0.25) is 11.8 Å². The molecule has 9 nitrogen and oxygen atoms in total. The van der Waals surface area contributed by atoms with E-state index in [1.54, 1.807) is 0 Å². The van der Waals surface area contributed by atoms with Crippen molar-refractivity contribution >= 4 is 23.8 Å². The molecule has 0 aromatic carbocycles. The number of carbonyl (C=O) groups is 4. The summed E-state index contributed by atoms with van der Waals surface area (Å²) in [7, 11) is 0. The number of carbonyl (C=O) groups excluding carboxylic acids is 3. The highest BCUT2D eigenvalue weighted by molar-refractivity contribution is 5.87. The van der Waals surface area contributed by atoms with Gasteiger partial charge in [-0.1, -0.05) is 146 Å². The van der Waals surface area contributed by atoms with Crippen molar-refractivity contribution in [3.05, 3.63) is 60.8 Å². The summed E-state index contributed by atoms with van der Waals surface area (Å²) in [6.45, 7) is 3.35. The molecule has 55 heavy (non-hydrogen) atoms. The number of carboxylic acids is 1. The van der Waals surface area contributed by atoms with Crippen LogP contribution < -0.4 is 10.6 Å². The van der Waals surface area contributed by atoms with Crippen LogP contribution in [0, 0.1) is 0 Å². The maximum atomic E-state index is 12.7. The molecule has 0 fully saturated rings. The van der Waals surface area contributed by atoms with E-state index >= 15 is 0 Å². The number of unbranched alkanes of at least 4 members (excludes halogenated alkanes) is 16. The Balaban J connectivity index is 4.32. The van der Waals surface area contributed by atoms with E-state index in [-0.39, 0.29) is 24.5 Å². The summed E-state index contributed by atoms with van der Waals surface area (Å²) in [6, 6.07) is -1.38. The molecule has 0 aliphatic carbocycles. The second-order valence-corrected chi connectivity index (χ2v) is 14.4. The molecule has 0 rings (SSSR count). The number of allylic oxidation sites excluding steroid dienone is 9. The molecule has 0 aromatic heterocycles. The SMILES string of the molecule is CC/C=C\C/C=C\C/C=C\C/C=C\CCCCCCC(=O)OC(/C=C\CCCCCCCCC)CCCCCCCCC(=O)NCC(=O)NC(CO)C(=O)O. The van der Waals surface area contributed by atoms with E-state index in [0.29, 0.717) is 19.3 Å². The molecule has 2 atom stereocenters. The van der Waals surface area contributed by atoms with Gasteiger partial charge in [-0.15, -0.1) is 0 Å². The molecule has 0 aliphatic rings. The molecule has 0 radical (unpaired) electrons. The number of amides is 2. The number of hydrogen-bond donors (Lipinski definition) is 4. The zero-order valence-corrected chi connectivity index (χ0v) is 34.7. The molecule has 0 spiro atoms. The van der Waals surface area contributed by atoms with Crippen LogP contribution in [0.3, 0.4) is 0 Å². The number of aliphatic hydroxyl groups is 1. The molecule has 0 bridgehead atoms. The third-order valence-electron chi connectivity index (χ3n) is 9.23. The third kappa shape index (κ3) is 37.2. The van der Waals surface area contributed by atoms with Gasteiger partial charge < -0.3 is 25.6 Å². The summed E-state index contributed by atoms with van der Waals surface area (Å²) < 4.78 is 5.94. The molecular weight excluding hydrogens is 693 g/mol. The minimum atomic E-state index is -1.38. The van der Waals surface area contributed by atoms with Gasteiger partial charge in [0, 0.05) is 12.8 Å². The van der Waals surface area contributed by atoms with E-state index in [4.69, 9.17) is 14.9 Å². The Hall–Kier alpha value is -3.46. The van der Waals surface area contributed by atoms with Crippen molar-refractivity contribution in [2.24, 2.45) is 0 Å². The van der Waals surface area contributed by atoms with Crippen molar-refractivity contribution < 1.29 is 34.1 Å². The van der Waals surface area contributed by atoms with Crippen molar-refractivity contribution in [1.82, 2.24) is 10.6 Å². The Morgan fingerprint density at radius 3 is 1.67 bits per heavy atom. The number of aliphatic carboxylic acids is 1. The van der Waals surface area contributed by atoms with Crippen LogP contribution >= 0.6 is 0 Å². The third-order valence-corrected chi connectivity index (χ3v) is 9.23. The average Bonchev–Trinajstić information content (AvgIpc) is 3.17. The first-order valence-corrected chi connectivity index (χ1v) is 21.7. The Morgan fingerprint density at radius 2 is 1.09 bits per heavy atom. The molecule has 2 unspecified atom stereocenters. The molecule has 2 amide bonds. The highest BCUT2D eigenvalue weighted by Gasteiger charge is 2.18. The molecule has 0 heterocycles. The molecule has 314 valence electrons. The van der Waals surface area contributed by atoms with E-state index in [2.05, 4.69) is 85.2 Å². The molecule has 9 heteroatoms. The fourth-order valence-corrected chi connectivity index (χ4v) is 5.91. The standard InChI is InChI=1S/C46H78N2O7/c1-3-5-7-9-11-13-14-15-16-17-18-19-20-22-24-30-34-38-45(52)55-41(35-31-27-23-21-12-10-8-6-4-2)36-32-28-25-26-29-33-37-43(50)47-39-44(51)48-42(40-49)46(53)54/h5,7,11,13,15-16,18-19,31,35,41-42,49H,3-4,6,8-10,12,14,17,20-30,32-34,36-40H2,1-2H3,(H,47,50)(H,48,51)(H,53,54)/b7-5-,13-11-,16-15-,19-18-,35-31-. The fourth-order valence-electron chi connectivity index (χ4n) is 5.91. The maximum absolute atomic E-state index is 12.7. The number of nitrogens with one attached hydrogen (secondary N) is 2. The summed E-state index contributed by atoms with van der Waals surface area (Å²) in [6.07, 6.45) is 48.3. The van der Waals surface area contributed by atoms with Crippen LogP contribution in [0.4, 0.5) is 0 Å². The van der Waals surface area contributed by atoms with Gasteiger partial charge in [0.25, 0.3) is 0 Å². The minimum absolute atomic E-state index is 0.101. The summed E-state index contributed by atoms with van der Waals surface area (Å²) in [5.74, 6) is -2.35. The molecule has 0 saturated carbocycles. The van der Waals surface area contributed by atoms with E-state index in [9.17, 15) is 19.2 Å². The van der Waals surface area contributed by atoms with Crippen LogP contribution in [-0.4, -0.2) is 59.3 Å². The van der Waals surface area contributed by atoms with E-state index < -0.39 is 24.5 Å². The van der Waals surface area contributed by atoms with Gasteiger partial charge >= 0.3 is 11.9 Å². The fraction of sp³-hybridized carbons (Fsp3) is 0.696. The number of rotatable bonds is 38. The van der Waals surface area contributed by atoms with Crippen LogP contribution in [0.1, 0.15) is 181 Å². The molecular formula is C46H78N2O7. The first-order chi connectivity index (χ1) is 26.8. The highest BCUT2D eigenvalue weighted by Crippen LogP contribution is 2.16. The summed E-state index contributed by atoms with van der Waals surface area (Å²) in [5.41, 5.74) is 0. The molecule has 4 N–H and O–H groups in total. The van der Waals surface area contributed by atoms with Gasteiger partial charge in [-0.3, -0.25) is 14.4 Å². The van der Waals surface area contributed by atoms with Gasteiger partial charge in [-0.05, 0) is 83.1 Å². The zero-order chi connectivity index (χ0) is 40.5. The normalized spacial score (nSPS) is 13.1. The number of esters is 1. The second-order valence-electron chi connectivity index (χ2n) is 14.4. The van der Waals surface area contributed by atoms with Gasteiger partial charge in [0.05, 0.1) is 13.2 Å². The zero-order valence-electron chi connectivity index (χ0n) is 34.7. The predicted octanol–water partition coefficient (Wildman–Crippen LogP) is 10.5. The van der Waals surface area contributed by atoms with Crippen LogP contribution in [0.5, 0.6) is 0 Å². The monoisotopic (exact) mass is 771 g/mol. The lowest BCUT2D eigenvalue weighted by molar-refractivity contribution is -0.147. The lowest BCUT2D eigenvalue weighted by Gasteiger charge is -2.15. The molecule has 0 aliphatic heterocycles. The van der Waals surface area contributed by atoms with E-state index in [1.165, 1.54) is 44.9 Å². The maximum Gasteiger partial charge on any atom is 0.328 e. The molecule has 0 aromatic rings. The lowest BCUT2D eigenvalue weighted by Crippen LogP contribution is -2.47. The quantitative estimate of drug-likeness (QED) is 0.0278. The predicted molar refractivity (Wildman–Crippen MR) is 227 cm³/mol. The average molecular weight is 771 g/mol. The van der Waals surface area contributed by atoms with Gasteiger partial charge in [0.15, 0.2) is 0 Å². The van der Waals surface area contributed by atoms with Gasteiger partial charge in [-0.2, -0.15) is 0 Å². The molecule has 0 saturated heterocycles. The van der Waals surface area contributed by atoms with Crippen molar-refractivity contribution in [2.75, 3.05) is 13.2 Å². The topological polar surface area (TPSA) is 142 Å². The van der Waals surface area contributed by atoms with Gasteiger partial charge in [0.1, 0.15) is 12.1 Å². The van der Waals surface area contributed by atoms with Crippen LogP contribution in [0.25, 0.3) is 0 Å². The van der Waals surface area contributed by atoms with Crippen molar-refractivity contribution in [2.45, 2.75) is 193 Å². The summed E-state index contributed by atoms with van der Waals surface area (Å²) in [4.78, 5) is 47.4. The van der Waals surface area contributed by atoms with E-state index in [1.807, 2.05) is 0 Å². The van der Waals surface area contributed by atoms with Crippen LogP contribution in [-0.2, 0) is 23.9 Å². The Kier molecular flexibility index (Phi) is 37.7. The lowest BCUT2D eigenvalue weighted by atomic mass is 10.0. The Bertz CT molecular complexity index is 1110. The summed E-state index contributed by atoms with van der Waals surface area (Å²) >= 11 is 0. The largest absolute Gasteiger partial charge is 0.480 e. The number of ether oxygens (including phenoxy) is 1. The minimum Gasteiger partial charge on any atom is -0.480 e. The smallest absolute Gasteiger partial charge is 0.328 e. The second kappa shape index (κ2) is 40.2. The Morgan fingerprint density at radius 1 is 0.582 bits per heavy atom.